The topological polar surface area (TPSA) is 36.9 Å². The van der Waals surface area contributed by atoms with Gasteiger partial charge in [0.15, 0.2) is 5.75 Å². The largest absolute Gasteiger partial charge is 0.501 e. The molecule has 0 unspecified atom stereocenters. The summed E-state index contributed by atoms with van der Waals surface area (Å²) in [5.41, 5.74) is 0. The predicted molar refractivity (Wildman–Crippen MR) is 86.4 cm³/mol. The van der Waals surface area contributed by atoms with Crippen molar-refractivity contribution >= 4 is 8.80 Å². The van der Waals surface area contributed by atoms with Crippen molar-refractivity contribution in [2.45, 2.75) is 52.4 Å². The monoisotopic (exact) mass is 402 g/mol. The summed E-state index contributed by atoms with van der Waals surface area (Å²) in [6.07, 6.45) is -0.202. The van der Waals surface area contributed by atoms with E-state index in [0.29, 0.717) is 0 Å². The molecule has 0 fully saturated rings. The molecule has 0 atom stereocenters. The number of rotatable bonds is 10. The first-order valence-corrected chi connectivity index (χ1v) is 10.0. The number of hydrogen-bond acceptors (Lipinski definition) is 4. The van der Waals surface area contributed by atoms with Crippen LogP contribution in [0.1, 0.15) is 34.1 Å². The molecule has 0 bridgehead atoms. The first kappa shape index (κ1) is 22.8. The Balaban J connectivity index is 2.81. The van der Waals surface area contributed by atoms with Gasteiger partial charge in [-0.3, -0.25) is 0 Å². The molecule has 0 amide bonds. The van der Waals surface area contributed by atoms with Crippen LogP contribution in [0.5, 0.6) is 5.75 Å². The van der Waals surface area contributed by atoms with E-state index >= 15 is 0 Å². The minimum atomic E-state index is -3.07. The van der Waals surface area contributed by atoms with Crippen molar-refractivity contribution in [1.29, 1.82) is 0 Å². The van der Waals surface area contributed by atoms with Crippen molar-refractivity contribution in [3.63, 3.8) is 0 Å². The lowest BCUT2D eigenvalue weighted by atomic mass is 10.2. The molecule has 0 heterocycles. The molecule has 0 aliphatic carbocycles. The van der Waals surface area contributed by atoms with Crippen molar-refractivity contribution < 1.29 is 40.0 Å². The molecule has 1 aromatic carbocycles. The fraction of sp³-hybridized carbons (Fsp3) is 0.625. The third-order valence-electron chi connectivity index (χ3n) is 3.18. The van der Waals surface area contributed by atoms with Gasteiger partial charge in [-0.25, -0.2) is 13.2 Å². The van der Waals surface area contributed by atoms with E-state index in [1.54, 1.807) is 27.7 Å². The molecule has 0 radical (unpaired) electrons. The maximum absolute atomic E-state index is 13.6. The van der Waals surface area contributed by atoms with Gasteiger partial charge in [-0.05, 0) is 34.1 Å². The Labute approximate surface area is 150 Å². The highest BCUT2D eigenvalue weighted by molar-refractivity contribution is 6.60. The zero-order valence-corrected chi connectivity index (χ0v) is 16.3. The van der Waals surface area contributed by atoms with Crippen molar-refractivity contribution in [2.75, 3.05) is 13.7 Å². The highest BCUT2D eigenvalue weighted by atomic mass is 28.4. The standard InChI is InChI=1S/C16H23F5O4Si/c1-9(2)24-26(22-5,25-10(3)4)8-6-7-23-16-14(20)12(18)11(17)13(19)15(16)21/h9-10H,6-8H2,1-5H3. The fourth-order valence-electron chi connectivity index (χ4n) is 2.24. The Morgan fingerprint density at radius 2 is 1.19 bits per heavy atom. The van der Waals surface area contributed by atoms with Crippen LogP contribution in [0.2, 0.25) is 6.04 Å². The van der Waals surface area contributed by atoms with Crippen LogP contribution in [0.3, 0.4) is 0 Å². The fourth-order valence-corrected chi connectivity index (χ4v) is 4.94. The first-order valence-electron chi connectivity index (χ1n) is 8.09. The van der Waals surface area contributed by atoms with Crippen LogP contribution in [0, 0.1) is 29.1 Å². The highest BCUT2D eigenvalue weighted by Crippen LogP contribution is 2.29. The summed E-state index contributed by atoms with van der Waals surface area (Å²) in [6, 6.07) is 0.245. The molecular weight excluding hydrogens is 379 g/mol. The maximum atomic E-state index is 13.6. The molecule has 4 nitrogen and oxygen atoms in total. The van der Waals surface area contributed by atoms with Crippen molar-refractivity contribution in [3.05, 3.63) is 29.1 Å². The predicted octanol–water partition coefficient (Wildman–Crippen LogP) is 4.59. The van der Waals surface area contributed by atoms with Gasteiger partial charge in [0.2, 0.25) is 29.1 Å². The Morgan fingerprint density at radius 1 is 0.769 bits per heavy atom. The average molecular weight is 402 g/mol. The summed E-state index contributed by atoms with van der Waals surface area (Å²) in [5.74, 6) is -11.6. The van der Waals surface area contributed by atoms with E-state index < -0.39 is 43.6 Å². The summed E-state index contributed by atoms with van der Waals surface area (Å²) < 4.78 is 88.2. The zero-order chi connectivity index (χ0) is 20.1. The second-order valence-corrected chi connectivity index (χ2v) is 8.82. The Kier molecular flexibility index (Phi) is 8.45. The van der Waals surface area contributed by atoms with Gasteiger partial charge < -0.3 is 18.0 Å². The van der Waals surface area contributed by atoms with Crippen molar-refractivity contribution in [2.24, 2.45) is 0 Å². The molecule has 0 aliphatic rings. The van der Waals surface area contributed by atoms with E-state index in [1.165, 1.54) is 7.11 Å². The lowest BCUT2D eigenvalue weighted by molar-refractivity contribution is 0.0316. The summed E-state index contributed by atoms with van der Waals surface area (Å²) in [4.78, 5) is 0. The average Bonchev–Trinajstić information content (AvgIpc) is 2.56. The lowest BCUT2D eigenvalue weighted by Crippen LogP contribution is -2.48. The molecule has 0 saturated heterocycles. The van der Waals surface area contributed by atoms with Gasteiger partial charge in [-0.2, -0.15) is 8.78 Å². The summed E-state index contributed by atoms with van der Waals surface area (Å²) in [5, 5.41) is 0. The quantitative estimate of drug-likeness (QED) is 0.189. The van der Waals surface area contributed by atoms with Gasteiger partial charge in [0, 0.05) is 25.4 Å². The molecule has 0 aromatic heterocycles. The van der Waals surface area contributed by atoms with Gasteiger partial charge in [0.25, 0.3) is 0 Å². The lowest BCUT2D eigenvalue weighted by Gasteiger charge is -2.31. The van der Waals surface area contributed by atoms with Gasteiger partial charge in [-0.15, -0.1) is 0 Å². The molecule has 0 aliphatic heterocycles. The van der Waals surface area contributed by atoms with E-state index in [1.807, 2.05) is 0 Å². The number of benzene rings is 1. The van der Waals surface area contributed by atoms with Crippen LogP contribution in [0.25, 0.3) is 0 Å². The van der Waals surface area contributed by atoms with Crippen LogP contribution >= 0.6 is 0 Å². The molecular formula is C16H23F5O4Si. The van der Waals surface area contributed by atoms with Crippen molar-refractivity contribution in [3.8, 4) is 5.75 Å². The van der Waals surface area contributed by atoms with Crippen LogP contribution in [-0.4, -0.2) is 34.7 Å². The molecule has 1 aromatic rings. The third kappa shape index (κ3) is 5.63. The molecule has 10 heteroatoms. The minimum absolute atomic E-state index is 0.166. The number of hydrogen-bond donors (Lipinski definition) is 0. The third-order valence-corrected chi connectivity index (χ3v) is 6.43. The zero-order valence-electron chi connectivity index (χ0n) is 15.3. The Morgan fingerprint density at radius 3 is 1.58 bits per heavy atom. The van der Waals surface area contributed by atoms with E-state index in [0.717, 1.165) is 0 Å². The van der Waals surface area contributed by atoms with Gasteiger partial charge >= 0.3 is 8.80 Å². The highest BCUT2D eigenvalue weighted by Gasteiger charge is 2.41. The van der Waals surface area contributed by atoms with Crippen LogP contribution < -0.4 is 4.74 Å². The molecule has 0 N–H and O–H groups in total. The van der Waals surface area contributed by atoms with E-state index in [-0.39, 0.29) is 31.3 Å². The second-order valence-electron chi connectivity index (χ2n) is 6.07. The SMILES string of the molecule is CO[Si](CCCOc1c(F)c(F)c(F)c(F)c1F)(OC(C)C)OC(C)C. The molecule has 26 heavy (non-hydrogen) atoms. The van der Waals surface area contributed by atoms with Crippen LogP contribution in [0.15, 0.2) is 0 Å². The Bertz CT molecular complexity index is 574. The minimum Gasteiger partial charge on any atom is -0.487 e. The smallest absolute Gasteiger partial charge is 0.487 e. The Hall–Kier alpha value is -1.23. The van der Waals surface area contributed by atoms with Gasteiger partial charge in [0.05, 0.1) is 6.61 Å². The molecule has 0 saturated carbocycles. The van der Waals surface area contributed by atoms with Crippen LogP contribution in [0.4, 0.5) is 22.0 Å². The van der Waals surface area contributed by atoms with E-state index in [4.69, 9.17) is 18.0 Å². The van der Waals surface area contributed by atoms with Crippen molar-refractivity contribution in [1.82, 2.24) is 0 Å². The summed E-state index contributed by atoms with van der Waals surface area (Å²) in [6.45, 7) is 6.90. The molecule has 0 spiro atoms. The number of ether oxygens (including phenoxy) is 1. The van der Waals surface area contributed by atoms with Crippen LogP contribution in [-0.2, 0) is 13.3 Å². The van der Waals surface area contributed by atoms with Gasteiger partial charge in [-0.1, -0.05) is 0 Å². The molecule has 1 rings (SSSR count). The first-order chi connectivity index (χ1) is 12.0. The summed E-state index contributed by atoms with van der Waals surface area (Å²) in [7, 11) is -1.63. The van der Waals surface area contributed by atoms with E-state index in [9.17, 15) is 22.0 Å². The summed E-state index contributed by atoms with van der Waals surface area (Å²) >= 11 is 0. The molecule has 150 valence electrons. The normalized spacial score (nSPS) is 12.3. The van der Waals surface area contributed by atoms with E-state index in [2.05, 4.69) is 0 Å². The second kappa shape index (κ2) is 9.63. The number of halogens is 5. The van der Waals surface area contributed by atoms with Gasteiger partial charge in [0.1, 0.15) is 0 Å². The maximum Gasteiger partial charge on any atom is 0.501 e.